The number of aliphatic hydroxyl groups is 1. The van der Waals surface area contributed by atoms with Crippen LogP contribution in [0.2, 0.25) is 0 Å². The van der Waals surface area contributed by atoms with Crippen molar-refractivity contribution >= 4 is 16.9 Å². The summed E-state index contributed by atoms with van der Waals surface area (Å²) < 4.78 is 3.56. The minimum absolute atomic E-state index is 0.00370. The van der Waals surface area contributed by atoms with Gasteiger partial charge >= 0.3 is 0 Å². The molecule has 0 aliphatic heterocycles. The predicted octanol–water partition coefficient (Wildman–Crippen LogP) is 1.01. The van der Waals surface area contributed by atoms with E-state index in [1.807, 2.05) is 34.9 Å². The molecule has 4 rings (SSSR count). The maximum atomic E-state index is 9.10. The van der Waals surface area contributed by atoms with Crippen molar-refractivity contribution in [1.29, 1.82) is 0 Å². The maximum Gasteiger partial charge on any atom is 0.163 e. The van der Waals surface area contributed by atoms with Crippen molar-refractivity contribution in [3.05, 3.63) is 55.0 Å². The van der Waals surface area contributed by atoms with Crippen LogP contribution in [0.1, 0.15) is 5.82 Å². The Balaban J connectivity index is 1.59. The van der Waals surface area contributed by atoms with Crippen LogP contribution in [0.25, 0.3) is 16.7 Å². The van der Waals surface area contributed by atoms with Gasteiger partial charge in [-0.25, -0.2) is 14.6 Å². The standard InChI is InChI=1S/C16H16N8O/c25-7-6-24-16-13(8-21-24)15(18-10-19-16)17-9-14-22-20-11-23(14)12-4-2-1-3-5-12/h1-5,8,10-11,25H,6-7,9H2,(H,17,18,19). The second-order valence-corrected chi connectivity index (χ2v) is 5.36. The van der Waals surface area contributed by atoms with Crippen LogP contribution in [0, 0.1) is 0 Å². The molecule has 25 heavy (non-hydrogen) atoms. The smallest absolute Gasteiger partial charge is 0.163 e. The van der Waals surface area contributed by atoms with E-state index in [9.17, 15) is 0 Å². The topological polar surface area (TPSA) is 107 Å². The molecule has 0 atom stereocenters. The number of nitrogens with one attached hydrogen (secondary N) is 1. The van der Waals surface area contributed by atoms with Gasteiger partial charge < -0.3 is 10.4 Å². The van der Waals surface area contributed by atoms with E-state index >= 15 is 0 Å². The van der Waals surface area contributed by atoms with Crippen LogP contribution in [0.15, 0.2) is 49.2 Å². The number of anilines is 1. The molecule has 4 aromatic rings. The second-order valence-electron chi connectivity index (χ2n) is 5.36. The predicted molar refractivity (Wildman–Crippen MR) is 91.1 cm³/mol. The van der Waals surface area contributed by atoms with Crippen molar-refractivity contribution in [3.8, 4) is 5.69 Å². The van der Waals surface area contributed by atoms with Crippen LogP contribution >= 0.6 is 0 Å². The van der Waals surface area contributed by atoms with E-state index in [2.05, 4.69) is 30.6 Å². The minimum Gasteiger partial charge on any atom is -0.394 e. The maximum absolute atomic E-state index is 9.10. The SMILES string of the molecule is OCCn1ncc2c(NCc3nncn3-c3ccccc3)ncnc21. The first-order chi connectivity index (χ1) is 12.4. The van der Waals surface area contributed by atoms with Gasteiger partial charge in [0.15, 0.2) is 11.5 Å². The zero-order valence-corrected chi connectivity index (χ0v) is 13.3. The molecule has 3 heterocycles. The molecular formula is C16H16N8O. The minimum atomic E-state index is 0.00370. The molecule has 0 spiro atoms. The van der Waals surface area contributed by atoms with Crippen molar-refractivity contribution in [2.45, 2.75) is 13.1 Å². The Morgan fingerprint density at radius 3 is 2.84 bits per heavy atom. The van der Waals surface area contributed by atoms with Crippen LogP contribution < -0.4 is 5.32 Å². The van der Waals surface area contributed by atoms with Gasteiger partial charge in [-0.05, 0) is 12.1 Å². The van der Waals surface area contributed by atoms with E-state index < -0.39 is 0 Å². The molecule has 1 aromatic carbocycles. The molecule has 0 bridgehead atoms. The zero-order chi connectivity index (χ0) is 17.1. The largest absolute Gasteiger partial charge is 0.394 e. The first-order valence-corrected chi connectivity index (χ1v) is 7.82. The van der Waals surface area contributed by atoms with E-state index in [4.69, 9.17) is 5.11 Å². The molecular weight excluding hydrogens is 320 g/mol. The lowest BCUT2D eigenvalue weighted by molar-refractivity contribution is 0.271. The van der Waals surface area contributed by atoms with E-state index in [1.165, 1.54) is 6.33 Å². The van der Waals surface area contributed by atoms with Crippen molar-refractivity contribution in [3.63, 3.8) is 0 Å². The fourth-order valence-corrected chi connectivity index (χ4v) is 2.64. The molecule has 0 radical (unpaired) electrons. The average molecular weight is 336 g/mol. The van der Waals surface area contributed by atoms with Crippen LogP contribution in [0.5, 0.6) is 0 Å². The van der Waals surface area contributed by atoms with Crippen LogP contribution in [0.4, 0.5) is 5.82 Å². The highest BCUT2D eigenvalue weighted by molar-refractivity contribution is 5.85. The van der Waals surface area contributed by atoms with Gasteiger partial charge in [-0.1, -0.05) is 18.2 Å². The van der Waals surface area contributed by atoms with Crippen LogP contribution in [-0.4, -0.2) is 46.2 Å². The first kappa shape index (κ1) is 15.2. The molecule has 126 valence electrons. The summed E-state index contributed by atoms with van der Waals surface area (Å²) in [7, 11) is 0. The number of para-hydroxylation sites is 1. The summed E-state index contributed by atoms with van der Waals surface area (Å²) in [4.78, 5) is 8.52. The molecule has 0 fully saturated rings. The summed E-state index contributed by atoms with van der Waals surface area (Å²) in [6, 6.07) is 9.89. The monoisotopic (exact) mass is 336 g/mol. The van der Waals surface area contributed by atoms with E-state index in [-0.39, 0.29) is 6.61 Å². The first-order valence-electron chi connectivity index (χ1n) is 7.82. The Bertz CT molecular complexity index is 978. The molecule has 0 aliphatic rings. The summed E-state index contributed by atoms with van der Waals surface area (Å²) in [6.07, 6.45) is 4.85. The Hall–Kier alpha value is -3.33. The van der Waals surface area contributed by atoms with Gasteiger partial charge in [0.05, 0.1) is 31.3 Å². The van der Waals surface area contributed by atoms with E-state index in [0.717, 1.165) is 16.9 Å². The molecule has 0 saturated carbocycles. The van der Waals surface area contributed by atoms with E-state index in [0.29, 0.717) is 24.6 Å². The number of benzene rings is 1. The molecule has 2 N–H and O–H groups in total. The third-order valence-corrected chi connectivity index (χ3v) is 3.81. The van der Waals surface area contributed by atoms with Gasteiger partial charge in [-0.3, -0.25) is 4.57 Å². The normalized spacial score (nSPS) is 11.1. The van der Waals surface area contributed by atoms with Gasteiger partial charge in [-0.15, -0.1) is 10.2 Å². The third-order valence-electron chi connectivity index (χ3n) is 3.81. The van der Waals surface area contributed by atoms with Crippen molar-refractivity contribution in [2.24, 2.45) is 0 Å². The van der Waals surface area contributed by atoms with E-state index in [1.54, 1.807) is 17.2 Å². The number of aliphatic hydroxyl groups excluding tert-OH is 1. The fraction of sp³-hybridized carbons (Fsp3) is 0.188. The van der Waals surface area contributed by atoms with Gasteiger partial charge in [0.1, 0.15) is 18.5 Å². The van der Waals surface area contributed by atoms with Gasteiger partial charge in [-0.2, -0.15) is 5.10 Å². The molecule has 0 unspecified atom stereocenters. The van der Waals surface area contributed by atoms with Gasteiger partial charge in [0.2, 0.25) is 0 Å². The zero-order valence-electron chi connectivity index (χ0n) is 13.3. The third kappa shape index (κ3) is 2.92. The number of nitrogens with zero attached hydrogens (tertiary/aromatic N) is 7. The van der Waals surface area contributed by atoms with Crippen molar-refractivity contribution in [2.75, 3.05) is 11.9 Å². The van der Waals surface area contributed by atoms with Crippen molar-refractivity contribution in [1.82, 2.24) is 34.5 Å². The van der Waals surface area contributed by atoms with Crippen molar-refractivity contribution < 1.29 is 5.11 Å². The van der Waals surface area contributed by atoms with Gasteiger partial charge in [0, 0.05) is 5.69 Å². The highest BCUT2D eigenvalue weighted by Gasteiger charge is 2.11. The number of aromatic nitrogens is 7. The van der Waals surface area contributed by atoms with Gasteiger partial charge in [0.25, 0.3) is 0 Å². The molecule has 0 saturated heterocycles. The lowest BCUT2D eigenvalue weighted by atomic mass is 10.3. The Labute approximate surface area is 143 Å². The second kappa shape index (κ2) is 6.65. The summed E-state index contributed by atoms with van der Waals surface area (Å²) >= 11 is 0. The summed E-state index contributed by atoms with van der Waals surface area (Å²) in [5.74, 6) is 1.43. The average Bonchev–Trinajstić information content (AvgIpc) is 3.28. The molecule has 3 aromatic heterocycles. The lowest BCUT2D eigenvalue weighted by Crippen LogP contribution is -2.09. The Morgan fingerprint density at radius 1 is 1.12 bits per heavy atom. The number of rotatable bonds is 6. The Morgan fingerprint density at radius 2 is 2.00 bits per heavy atom. The van der Waals surface area contributed by atoms with Crippen LogP contribution in [-0.2, 0) is 13.1 Å². The molecule has 0 amide bonds. The highest BCUT2D eigenvalue weighted by Crippen LogP contribution is 2.19. The Kier molecular flexibility index (Phi) is 4.05. The molecule has 0 aliphatic carbocycles. The fourth-order valence-electron chi connectivity index (χ4n) is 2.64. The van der Waals surface area contributed by atoms with Crippen LogP contribution in [0.3, 0.4) is 0 Å². The summed E-state index contributed by atoms with van der Waals surface area (Å²) in [5.41, 5.74) is 1.67. The highest BCUT2D eigenvalue weighted by atomic mass is 16.3. The quantitative estimate of drug-likeness (QED) is 0.541. The number of hydrogen-bond acceptors (Lipinski definition) is 7. The molecule has 9 nitrogen and oxygen atoms in total. The molecule has 9 heteroatoms. The number of hydrogen-bond donors (Lipinski definition) is 2. The number of fused-ring (bicyclic) bond motifs is 1. The summed E-state index contributed by atoms with van der Waals surface area (Å²) in [5, 5.41) is 25.6. The lowest BCUT2D eigenvalue weighted by Gasteiger charge is -2.08. The summed E-state index contributed by atoms with van der Waals surface area (Å²) in [6.45, 7) is 0.845.